The third-order valence-electron chi connectivity index (χ3n) is 14.9. The van der Waals surface area contributed by atoms with Crippen LogP contribution in [-0.2, 0) is 16.2 Å². The molecule has 1 heteroatoms. The first kappa shape index (κ1) is 31.6. The number of hydrogen-bond donors (Lipinski definition) is 0. The van der Waals surface area contributed by atoms with Crippen LogP contribution in [0.3, 0.4) is 0 Å². The SMILES string of the molecule is CC1(C)c2ccccc2-c2ccc(N(c3ccc(-c4ccccc4)cc3)c3ccc4c(c3)C3(c5ccccc5C4(C)C)C4CC5CC(C4)CC3C5)cc21. The lowest BCUT2D eigenvalue weighted by Crippen LogP contribution is -2.58. The number of fused-ring (bicyclic) bond motifs is 5. The van der Waals surface area contributed by atoms with Crippen LogP contribution in [-0.4, -0.2) is 0 Å². The van der Waals surface area contributed by atoms with E-state index in [1.165, 1.54) is 88.1 Å². The van der Waals surface area contributed by atoms with Gasteiger partial charge in [-0.1, -0.05) is 131 Å². The van der Waals surface area contributed by atoms with E-state index in [1.54, 1.807) is 16.7 Å². The Kier molecular flexibility index (Phi) is 6.61. The van der Waals surface area contributed by atoms with E-state index in [-0.39, 0.29) is 16.2 Å². The van der Waals surface area contributed by atoms with Crippen LogP contribution < -0.4 is 4.90 Å². The maximum absolute atomic E-state index is 2.67. The van der Waals surface area contributed by atoms with Crippen LogP contribution in [0.15, 0.2) is 140 Å². The Morgan fingerprint density at radius 2 is 0.887 bits per heavy atom. The molecule has 4 bridgehead atoms. The highest BCUT2D eigenvalue weighted by atomic mass is 15.1. The molecular formula is C52H49N. The molecule has 262 valence electrons. The Bertz CT molecular complexity index is 2380. The lowest BCUT2D eigenvalue weighted by atomic mass is 9.39. The molecule has 6 aliphatic carbocycles. The fourth-order valence-electron chi connectivity index (χ4n) is 12.8. The zero-order chi connectivity index (χ0) is 35.7. The van der Waals surface area contributed by atoms with Crippen LogP contribution in [0, 0.1) is 23.7 Å². The predicted molar refractivity (Wildman–Crippen MR) is 221 cm³/mol. The summed E-state index contributed by atoms with van der Waals surface area (Å²) in [6.07, 6.45) is 7.01. The molecule has 0 atom stereocenters. The molecule has 0 N–H and O–H groups in total. The zero-order valence-corrected chi connectivity index (χ0v) is 31.6. The van der Waals surface area contributed by atoms with Gasteiger partial charge in [-0.3, -0.25) is 0 Å². The number of nitrogens with zero attached hydrogens (tertiary/aromatic N) is 1. The first-order chi connectivity index (χ1) is 25.7. The van der Waals surface area contributed by atoms with Crippen molar-refractivity contribution in [2.45, 2.75) is 76.0 Å². The van der Waals surface area contributed by atoms with Crippen molar-refractivity contribution in [3.63, 3.8) is 0 Å². The fraction of sp³-hybridized carbons (Fsp3) is 0.308. The van der Waals surface area contributed by atoms with Gasteiger partial charge in [-0.25, -0.2) is 0 Å². The first-order valence-electron chi connectivity index (χ1n) is 20.2. The van der Waals surface area contributed by atoms with Crippen molar-refractivity contribution in [2.24, 2.45) is 23.7 Å². The normalized spacial score (nSPS) is 26.1. The second-order valence-corrected chi connectivity index (χ2v) is 18.2. The van der Waals surface area contributed by atoms with Crippen molar-refractivity contribution in [1.29, 1.82) is 0 Å². The minimum atomic E-state index is -0.0706. The molecule has 0 saturated heterocycles. The summed E-state index contributed by atoms with van der Waals surface area (Å²) in [6, 6.07) is 53.6. The van der Waals surface area contributed by atoms with Gasteiger partial charge in [0.1, 0.15) is 0 Å². The van der Waals surface area contributed by atoms with Crippen LogP contribution in [0.5, 0.6) is 0 Å². The highest BCUT2D eigenvalue weighted by Crippen LogP contribution is 2.69. The van der Waals surface area contributed by atoms with Gasteiger partial charge in [0.25, 0.3) is 0 Å². The second kappa shape index (κ2) is 11.1. The molecule has 0 aromatic heterocycles. The van der Waals surface area contributed by atoms with Gasteiger partial charge in [0.05, 0.1) is 0 Å². The topological polar surface area (TPSA) is 3.24 Å². The van der Waals surface area contributed by atoms with E-state index in [9.17, 15) is 0 Å². The summed E-state index contributed by atoms with van der Waals surface area (Å²) < 4.78 is 0. The number of hydrogen-bond acceptors (Lipinski definition) is 1. The number of benzene rings is 6. The molecule has 6 aromatic carbocycles. The van der Waals surface area contributed by atoms with Crippen molar-refractivity contribution in [3.05, 3.63) is 173 Å². The summed E-state index contributed by atoms with van der Waals surface area (Å²) in [6.45, 7) is 9.76. The maximum atomic E-state index is 2.67. The average Bonchev–Trinajstić information content (AvgIpc) is 3.41. The van der Waals surface area contributed by atoms with Crippen molar-refractivity contribution in [2.75, 3.05) is 4.90 Å². The highest BCUT2D eigenvalue weighted by molar-refractivity contribution is 5.86. The van der Waals surface area contributed by atoms with E-state index in [0.717, 1.165) is 11.8 Å². The molecule has 0 heterocycles. The van der Waals surface area contributed by atoms with E-state index in [4.69, 9.17) is 0 Å². The summed E-state index contributed by atoms with van der Waals surface area (Å²) >= 11 is 0. The van der Waals surface area contributed by atoms with Crippen molar-refractivity contribution < 1.29 is 0 Å². The smallest absolute Gasteiger partial charge is 0.0465 e. The molecule has 0 aliphatic heterocycles. The highest BCUT2D eigenvalue weighted by Gasteiger charge is 2.62. The molecule has 0 amide bonds. The molecule has 4 saturated carbocycles. The Labute approximate surface area is 315 Å². The molecule has 0 unspecified atom stereocenters. The second-order valence-electron chi connectivity index (χ2n) is 18.2. The number of rotatable bonds is 4. The van der Waals surface area contributed by atoms with Crippen LogP contribution in [0.2, 0.25) is 0 Å². The summed E-state index contributed by atoms with van der Waals surface area (Å²) in [5.74, 6) is 3.25. The van der Waals surface area contributed by atoms with E-state index in [2.05, 4.69) is 172 Å². The summed E-state index contributed by atoms with van der Waals surface area (Å²) in [7, 11) is 0. The largest absolute Gasteiger partial charge is 0.310 e. The van der Waals surface area contributed by atoms with Crippen molar-refractivity contribution in [1.82, 2.24) is 0 Å². The lowest BCUT2D eigenvalue weighted by Gasteiger charge is -2.64. The molecule has 4 fully saturated rings. The third kappa shape index (κ3) is 4.31. The summed E-state index contributed by atoms with van der Waals surface area (Å²) in [4.78, 5) is 2.56. The molecule has 6 aliphatic rings. The van der Waals surface area contributed by atoms with Gasteiger partial charge in [-0.2, -0.15) is 0 Å². The van der Waals surface area contributed by atoms with Gasteiger partial charge in [0.15, 0.2) is 0 Å². The van der Waals surface area contributed by atoms with Crippen LogP contribution in [0.1, 0.15) is 93.2 Å². The van der Waals surface area contributed by atoms with Crippen LogP contribution in [0.25, 0.3) is 22.3 Å². The summed E-state index contributed by atoms with van der Waals surface area (Å²) in [5.41, 5.74) is 18.1. The standard InChI is InChI=1S/C52H49N/c1-50(2)44-15-9-8-14-42(44)43-24-22-40(31-48(43)50)53(39-20-18-36(19-21-39)35-12-6-5-7-13-35)41-23-25-46-49(32-41)52(47-17-11-10-16-45(47)51(46,3)4)37-27-33-26-34(29-37)30-38(52)28-33/h5-25,31-34,37-38H,26-30H2,1-4H3. The molecule has 12 rings (SSSR count). The lowest BCUT2D eigenvalue weighted by molar-refractivity contribution is -0.0443. The van der Waals surface area contributed by atoms with Crippen molar-refractivity contribution in [3.8, 4) is 22.3 Å². The molecule has 1 nitrogen and oxygen atoms in total. The first-order valence-corrected chi connectivity index (χ1v) is 20.2. The zero-order valence-electron chi connectivity index (χ0n) is 31.6. The Morgan fingerprint density at radius 1 is 0.396 bits per heavy atom. The van der Waals surface area contributed by atoms with E-state index < -0.39 is 0 Å². The molecule has 1 spiro atoms. The molecular weight excluding hydrogens is 639 g/mol. The van der Waals surface area contributed by atoms with Crippen LogP contribution >= 0.6 is 0 Å². The van der Waals surface area contributed by atoms with Gasteiger partial charge in [0, 0.05) is 33.3 Å². The van der Waals surface area contributed by atoms with Crippen molar-refractivity contribution >= 4 is 17.1 Å². The minimum Gasteiger partial charge on any atom is -0.310 e. The summed E-state index contributed by atoms with van der Waals surface area (Å²) in [5, 5.41) is 0. The Balaban J connectivity index is 1.13. The van der Waals surface area contributed by atoms with Gasteiger partial charge >= 0.3 is 0 Å². The van der Waals surface area contributed by atoms with E-state index in [1.807, 2.05) is 0 Å². The maximum Gasteiger partial charge on any atom is 0.0465 e. The number of anilines is 3. The quantitative estimate of drug-likeness (QED) is 0.178. The predicted octanol–water partition coefficient (Wildman–Crippen LogP) is 13.5. The minimum absolute atomic E-state index is 0.0596. The average molecular weight is 688 g/mol. The molecule has 53 heavy (non-hydrogen) atoms. The monoisotopic (exact) mass is 687 g/mol. The third-order valence-corrected chi connectivity index (χ3v) is 14.9. The van der Waals surface area contributed by atoms with E-state index in [0.29, 0.717) is 11.8 Å². The fourth-order valence-corrected chi connectivity index (χ4v) is 12.8. The van der Waals surface area contributed by atoms with Gasteiger partial charge in [0.2, 0.25) is 0 Å². The molecule has 0 radical (unpaired) electrons. The van der Waals surface area contributed by atoms with Crippen LogP contribution in [0.4, 0.5) is 17.1 Å². The Morgan fingerprint density at radius 3 is 1.58 bits per heavy atom. The van der Waals surface area contributed by atoms with Gasteiger partial charge in [-0.05, 0) is 148 Å². The molecule has 6 aromatic rings. The van der Waals surface area contributed by atoms with Gasteiger partial charge < -0.3 is 4.90 Å². The Hall–Kier alpha value is -4.88. The van der Waals surface area contributed by atoms with Gasteiger partial charge in [-0.15, -0.1) is 0 Å². The van der Waals surface area contributed by atoms with E-state index >= 15 is 0 Å².